The standard InChI is InChI=1S/C18H23FN4O3/c1-5-12(3)23-15-14(9-20-23)13(8-11(2)21-15)16(24)22-7-6-18(19,10-22)17(25)26-4/h8-9,12H,5-7,10H2,1-4H3/t12-,18+/m1/s1. The SMILES string of the molecule is CC[C@@H](C)n1ncc2c(C(=O)N3CC[C@@](F)(C(=O)OC)C3)cc(C)nc21. The van der Waals surface area contributed by atoms with Crippen LogP contribution in [0.3, 0.4) is 0 Å². The summed E-state index contributed by atoms with van der Waals surface area (Å²) >= 11 is 0. The lowest BCUT2D eigenvalue weighted by atomic mass is 10.1. The topological polar surface area (TPSA) is 77.3 Å². The summed E-state index contributed by atoms with van der Waals surface area (Å²) in [5, 5.41) is 5.02. The number of halogens is 1. The maximum atomic E-state index is 14.7. The van der Waals surface area contributed by atoms with E-state index < -0.39 is 11.6 Å². The van der Waals surface area contributed by atoms with Gasteiger partial charge in [-0.3, -0.25) is 4.79 Å². The van der Waals surface area contributed by atoms with E-state index in [0.29, 0.717) is 22.3 Å². The molecule has 0 unspecified atom stereocenters. The molecule has 7 nitrogen and oxygen atoms in total. The highest BCUT2D eigenvalue weighted by molar-refractivity contribution is 6.06. The molecule has 0 aliphatic carbocycles. The minimum Gasteiger partial charge on any atom is -0.467 e. The molecule has 8 heteroatoms. The number of methoxy groups -OCH3 is 1. The number of likely N-dealkylation sites (tertiary alicyclic amines) is 1. The first-order valence-corrected chi connectivity index (χ1v) is 8.72. The maximum absolute atomic E-state index is 14.7. The summed E-state index contributed by atoms with van der Waals surface area (Å²) in [5.41, 5.74) is -0.394. The molecule has 1 saturated heterocycles. The van der Waals surface area contributed by atoms with Crippen LogP contribution in [-0.2, 0) is 9.53 Å². The van der Waals surface area contributed by atoms with Crippen LogP contribution in [-0.4, -0.2) is 57.4 Å². The number of amides is 1. The first-order valence-electron chi connectivity index (χ1n) is 8.72. The van der Waals surface area contributed by atoms with Gasteiger partial charge in [0, 0.05) is 18.7 Å². The molecule has 1 amide bonds. The second kappa shape index (κ2) is 6.66. The molecule has 2 aromatic heterocycles. The summed E-state index contributed by atoms with van der Waals surface area (Å²) in [6, 6.07) is 1.83. The molecule has 0 aromatic carbocycles. The Morgan fingerprint density at radius 3 is 2.85 bits per heavy atom. The molecular weight excluding hydrogens is 339 g/mol. The minimum absolute atomic E-state index is 0.0647. The smallest absolute Gasteiger partial charge is 0.345 e. The number of rotatable bonds is 4. The number of carbonyl (C=O) groups is 2. The van der Waals surface area contributed by atoms with E-state index in [-0.39, 0.29) is 31.5 Å². The molecule has 0 N–H and O–H groups in total. The second-order valence-corrected chi connectivity index (χ2v) is 6.83. The van der Waals surface area contributed by atoms with Gasteiger partial charge in [-0.25, -0.2) is 18.9 Å². The third-order valence-corrected chi connectivity index (χ3v) is 4.99. The average molecular weight is 362 g/mol. The summed E-state index contributed by atoms with van der Waals surface area (Å²) in [4.78, 5) is 30.5. The number of alkyl halides is 1. The summed E-state index contributed by atoms with van der Waals surface area (Å²) in [5.74, 6) is -1.26. The number of fused-ring (bicyclic) bond motifs is 1. The van der Waals surface area contributed by atoms with Crippen molar-refractivity contribution < 1.29 is 18.7 Å². The molecule has 140 valence electrons. The van der Waals surface area contributed by atoms with Crippen LogP contribution >= 0.6 is 0 Å². The van der Waals surface area contributed by atoms with Crippen molar-refractivity contribution in [3.05, 3.63) is 23.5 Å². The lowest BCUT2D eigenvalue weighted by Crippen LogP contribution is -2.39. The van der Waals surface area contributed by atoms with Crippen molar-refractivity contribution >= 4 is 22.9 Å². The number of carbonyl (C=O) groups excluding carboxylic acids is 2. The van der Waals surface area contributed by atoms with E-state index in [1.807, 2.05) is 13.8 Å². The van der Waals surface area contributed by atoms with Gasteiger partial charge >= 0.3 is 5.97 Å². The number of aromatic nitrogens is 3. The minimum atomic E-state index is -2.15. The van der Waals surface area contributed by atoms with Crippen LogP contribution in [0.5, 0.6) is 0 Å². The second-order valence-electron chi connectivity index (χ2n) is 6.83. The number of hydrogen-bond donors (Lipinski definition) is 0. The number of ether oxygens (including phenoxy) is 1. The van der Waals surface area contributed by atoms with E-state index in [0.717, 1.165) is 13.5 Å². The Balaban J connectivity index is 1.97. The van der Waals surface area contributed by atoms with Crippen LogP contribution < -0.4 is 0 Å². The zero-order chi connectivity index (χ0) is 19.1. The van der Waals surface area contributed by atoms with Crippen molar-refractivity contribution in [1.29, 1.82) is 0 Å². The van der Waals surface area contributed by atoms with Gasteiger partial charge < -0.3 is 9.64 Å². The summed E-state index contributed by atoms with van der Waals surface area (Å²) in [6.07, 6.45) is 2.44. The van der Waals surface area contributed by atoms with Gasteiger partial charge in [0.25, 0.3) is 5.91 Å². The van der Waals surface area contributed by atoms with Crippen molar-refractivity contribution in [2.24, 2.45) is 0 Å². The van der Waals surface area contributed by atoms with E-state index in [1.54, 1.807) is 16.9 Å². The van der Waals surface area contributed by atoms with Gasteiger partial charge in [-0.05, 0) is 26.3 Å². The van der Waals surface area contributed by atoms with Crippen molar-refractivity contribution in [3.63, 3.8) is 0 Å². The number of pyridine rings is 1. The third-order valence-electron chi connectivity index (χ3n) is 4.99. The van der Waals surface area contributed by atoms with E-state index in [9.17, 15) is 14.0 Å². The van der Waals surface area contributed by atoms with Gasteiger partial charge in [0.15, 0.2) is 5.65 Å². The highest BCUT2D eigenvalue weighted by atomic mass is 19.1. The highest BCUT2D eigenvalue weighted by Crippen LogP contribution is 2.30. The molecule has 1 fully saturated rings. The third kappa shape index (κ3) is 2.93. The number of hydrogen-bond acceptors (Lipinski definition) is 5. The Kier molecular flexibility index (Phi) is 4.68. The molecule has 26 heavy (non-hydrogen) atoms. The molecule has 2 aromatic rings. The van der Waals surface area contributed by atoms with Crippen LogP contribution in [0.15, 0.2) is 12.3 Å². The van der Waals surface area contributed by atoms with Crippen molar-refractivity contribution in [3.8, 4) is 0 Å². The monoisotopic (exact) mass is 362 g/mol. The molecule has 3 heterocycles. The molecule has 1 aliphatic heterocycles. The highest BCUT2D eigenvalue weighted by Gasteiger charge is 2.48. The van der Waals surface area contributed by atoms with Gasteiger partial charge in [0.05, 0.1) is 36.8 Å². The zero-order valence-electron chi connectivity index (χ0n) is 15.5. The van der Waals surface area contributed by atoms with Crippen LogP contribution in [0.25, 0.3) is 11.0 Å². The Morgan fingerprint density at radius 2 is 2.19 bits per heavy atom. The van der Waals surface area contributed by atoms with Crippen LogP contribution in [0.1, 0.15) is 48.8 Å². The largest absolute Gasteiger partial charge is 0.467 e. The summed E-state index contributed by atoms with van der Waals surface area (Å²) in [7, 11) is 1.15. The quantitative estimate of drug-likeness (QED) is 0.781. The lowest BCUT2D eigenvalue weighted by molar-refractivity contribution is -0.153. The summed E-state index contributed by atoms with van der Waals surface area (Å²) < 4.78 is 21.0. The predicted molar refractivity (Wildman–Crippen MR) is 93.6 cm³/mol. The number of nitrogens with zero attached hydrogens (tertiary/aromatic N) is 4. The molecule has 0 saturated carbocycles. The van der Waals surface area contributed by atoms with Crippen LogP contribution in [0.2, 0.25) is 0 Å². The van der Waals surface area contributed by atoms with Crippen LogP contribution in [0.4, 0.5) is 4.39 Å². The van der Waals surface area contributed by atoms with Crippen molar-refractivity contribution in [2.75, 3.05) is 20.2 Å². The van der Waals surface area contributed by atoms with E-state index in [1.165, 1.54) is 4.90 Å². The Hall–Kier alpha value is -2.51. The maximum Gasteiger partial charge on any atom is 0.345 e. The van der Waals surface area contributed by atoms with Gasteiger partial charge in [-0.2, -0.15) is 5.10 Å². The molecular formula is C18H23FN4O3. The molecule has 2 atom stereocenters. The fourth-order valence-corrected chi connectivity index (χ4v) is 3.28. The molecule has 0 spiro atoms. The van der Waals surface area contributed by atoms with Crippen molar-refractivity contribution in [1.82, 2.24) is 19.7 Å². The fourth-order valence-electron chi connectivity index (χ4n) is 3.28. The van der Waals surface area contributed by atoms with Gasteiger partial charge in [-0.15, -0.1) is 0 Å². The Bertz CT molecular complexity index is 865. The van der Waals surface area contributed by atoms with Crippen molar-refractivity contribution in [2.45, 2.75) is 45.3 Å². The lowest BCUT2D eigenvalue weighted by Gasteiger charge is -2.19. The first kappa shape index (κ1) is 18.3. The number of aryl methyl sites for hydroxylation is 1. The Labute approximate surface area is 151 Å². The average Bonchev–Trinajstić information content (AvgIpc) is 3.23. The Morgan fingerprint density at radius 1 is 1.46 bits per heavy atom. The van der Waals surface area contributed by atoms with Gasteiger partial charge in [0.2, 0.25) is 5.67 Å². The number of esters is 1. The van der Waals surface area contributed by atoms with E-state index >= 15 is 0 Å². The normalized spacial score (nSPS) is 21.2. The molecule has 0 radical (unpaired) electrons. The zero-order valence-corrected chi connectivity index (χ0v) is 15.5. The fraction of sp³-hybridized carbons (Fsp3) is 0.556. The molecule has 3 rings (SSSR count). The van der Waals surface area contributed by atoms with Gasteiger partial charge in [0.1, 0.15) is 0 Å². The predicted octanol–water partition coefficient (Wildman–Crippen LogP) is 2.44. The van der Waals surface area contributed by atoms with E-state index in [4.69, 9.17) is 0 Å². The first-order chi connectivity index (χ1) is 12.3. The van der Waals surface area contributed by atoms with Gasteiger partial charge in [-0.1, -0.05) is 6.92 Å². The van der Waals surface area contributed by atoms with E-state index in [2.05, 4.69) is 21.7 Å². The molecule has 1 aliphatic rings. The molecule has 0 bridgehead atoms. The summed E-state index contributed by atoms with van der Waals surface area (Å²) in [6.45, 7) is 5.75. The van der Waals surface area contributed by atoms with Crippen LogP contribution in [0, 0.1) is 6.92 Å².